The van der Waals surface area contributed by atoms with Crippen molar-refractivity contribution in [2.45, 2.75) is 58.1 Å². The van der Waals surface area contributed by atoms with Gasteiger partial charge in [-0.1, -0.05) is 26.7 Å². The topological polar surface area (TPSA) is 61.4 Å². The molecule has 1 heterocycles. The Bertz CT molecular complexity index is 223. The number of nitrogens with one attached hydrogen (secondary N) is 2. The highest BCUT2D eigenvalue weighted by Gasteiger charge is 2.19. The highest BCUT2D eigenvalue weighted by atomic mass is 16.3. The Morgan fingerprint density at radius 3 is 2.88 bits per heavy atom. The lowest BCUT2D eigenvalue weighted by Gasteiger charge is -2.18. The predicted molar refractivity (Wildman–Crippen MR) is 68.7 cm³/mol. The molecule has 0 aliphatic carbocycles. The first-order valence-electron chi connectivity index (χ1n) is 6.78. The van der Waals surface area contributed by atoms with E-state index in [0.717, 1.165) is 32.2 Å². The lowest BCUT2D eigenvalue weighted by molar-refractivity contribution is -0.123. The zero-order valence-corrected chi connectivity index (χ0v) is 11.0. The van der Waals surface area contributed by atoms with E-state index >= 15 is 0 Å². The Morgan fingerprint density at radius 1 is 1.41 bits per heavy atom. The molecule has 0 aromatic rings. The number of carbonyl (C=O) groups excluding carboxylic acids is 1. The van der Waals surface area contributed by atoms with Crippen molar-refractivity contribution in [1.29, 1.82) is 0 Å². The molecule has 4 heteroatoms. The lowest BCUT2D eigenvalue weighted by atomic mass is 10.1. The van der Waals surface area contributed by atoms with Crippen LogP contribution in [-0.2, 0) is 4.79 Å². The van der Waals surface area contributed by atoms with E-state index < -0.39 is 6.10 Å². The molecule has 1 aliphatic heterocycles. The molecule has 0 saturated carbocycles. The largest absolute Gasteiger partial charge is 0.391 e. The second-order valence-corrected chi connectivity index (χ2v) is 5.38. The molecule has 1 aliphatic rings. The van der Waals surface area contributed by atoms with Crippen LogP contribution in [0.3, 0.4) is 0 Å². The molecule has 1 fully saturated rings. The standard InChI is InChI=1S/C13H26N2O2/c1-10(2)8-11(16)9-15-13(17)12-6-4-3-5-7-14-12/h10-12,14,16H,3-9H2,1-2H3,(H,15,17). The monoisotopic (exact) mass is 242 g/mol. The Labute approximate surface area is 104 Å². The van der Waals surface area contributed by atoms with Crippen LogP contribution < -0.4 is 10.6 Å². The van der Waals surface area contributed by atoms with E-state index in [1.54, 1.807) is 0 Å². The van der Waals surface area contributed by atoms with E-state index in [-0.39, 0.29) is 11.9 Å². The summed E-state index contributed by atoms with van der Waals surface area (Å²) in [6.45, 7) is 5.43. The van der Waals surface area contributed by atoms with Crippen molar-refractivity contribution in [3.63, 3.8) is 0 Å². The fourth-order valence-electron chi connectivity index (χ4n) is 2.22. The van der Waals surface area contributed by atoms with Gasteiger partial charge in [0.15, 0.2) is 0 Å². The Morgan fingerprint density at radius 2 is 2.18 bits per heavy atom. The summed E-state index contributed by atoms with van der Waals surface area (Å²) in [5.74, 6) is 0.493. The lowest BCUT2D eigenvalue weighted by Crippen LogP contribution is -2.46. The van der Waals surface area contributed by atoms with Crippen molar-refractivity contribution in [3.8, 4) is 0 Å². The Kier molecular flexibility index (Phi) is 6.52. The Balaban J connectivity index is 2.23. The molecule has 0 aromatic heterocycles. The van der Waals surface area contributed by atoms with Gasteiger partial charge in [-0.05, 0) is 31.7 Å². The average Bonchev–Trinajstić information content (AvgIpc) is 2.53. The van der Waals surface area contributed by atoms with Crippen molar-refractivity contribution < 1.29 is 9.90 Å². The van der Waals surface area contributed by atoms with Crippen LogP contribution in [0.1, 0.15) is 46.0 Å². The molecule has 17 heavy (non-hydrogen) atoms. The first-order valence-corrected chi connectivity index (χ1v) is 6.78. The van der Waals surface area contributed by atoms with E-state index in [1.807, 2.05) is 0 Å². The number of carbonyl (C=O) groups is 1. The average molecular weight is 242 g/mol. The van der Waals surface area contributed by atoms with Crippen LogP contribution in [0.15, 0.2) is 0 Å². The molecule has 3 N–H and O–H groups in total. The number of amides is 1. The summed E-state index contributed by atoms with van der Waals surface area (Å²) in [4.78, 5) is 11.9. The molecule has 2 atom stereocenters. The smallest absolute Gasteiger partial charge is 0.237 e. The van der Waals surface area contributed by atoms with Crippen molar-refractivity contribution in [2.24, 2.45) is 5.92 Å². The maximum absolute atomic E-state index is 11.9. The number of hydrogen-bond donors (Lipinski definition) is 3. The molecular weight excluding hydrogens is 216 g/mol. The van der Waals surface area contributed by atoms with Crippen LogP contribution in [0.2, 0.25) is 0 Å². The van der Waals surface area contributed by atoms with Gasteiger partial charge in [0.2, 0.25) is 5.91 Å². The Hall–Kier alpha value is -0.610. The third kappa shape index (κ3) is 6.03. The van der Waals surface area contributed by atoms with E-state index in [4.69, 9.17) is 0 Å². The van der Waals surface area contributed by atoms with Crippen LogP contribution in [0.5, 0.6) is 0 Å². The van der Waals surface area contributed by atoms with E-state index in [9.17, 15) is 9.90 Å². The highest BCUT2D eigenvalue weighted by molar-refractivity contribution is 5.81. The molecule has 0 spiro atoms. The van der Waals surface area contributed by atoms with Gasteiger partial charge in [0, 0.05) is 6.54 Å². The molecule has 2 unspecified atom stereocenters. The molecule has 0 radical (unpaired) electrons. The fourth-order valence-corrected chi connectivity index (χ4v) is 2.22. The molecule has 100 valence electrons. The van der Waals surface area contributed by atoms with Crippen LogP contribution in [0.4, 0.5) is 0 Å². The van der Waals surface area contributed by atoms with Gasteiger partial charge in [-0.15, -0.1) is 0 Å². The first kappa shape index (κ1) is 14.5. The minimum atomic E-state index is -0.426. The van der Waals surface area contributed by atoms with E-state index in [1.165, 1.54) is 6.42 Å². The maximum atomic E-state index is 11.9. The quantitative estimate of drug-likeness (QED) is 0.675. The molecule has 1 rings (SSSR count). The minimum Gasteiger partial charge on any atom is -0.391 e. The second-order valence-electron chi connectivity index (χ2n) is 5.38. The van der Waals surface area contributed by atoms with Gasteiger partial charge >= 0.3 is 0 Å². The normalized spacial score (nSPS) is 23.2. The van der Waals surface area contributed by atoms with Gasteiger partial charge in [0.1, 0.15) is 0 Å². The number of aliphatic hydroxyl groups is 1. The van der Waals surface area contributed by atoms with Gasteiger partial charge in [0.05, 0.1) is 12.1 Å². The van der Waals surface area contributed by atoms with E-state index in [2.05, 4.69) is 24.5 Å². The zero-order valence-electron chi connectivity index (χ0n) is 11.0. The SMILES string of the molecule is CC(C)CC(O)CNC(=O)C1CCCCCN1. The summed E-state index contributed by atoms with van der Waals surface area (Å²) in [6.07, 6.45) is 4.68. The predicted octanol–water partition coefficient (Wildman–Crippen LogP) is 1.04. The molecule has 4 nitrogen and oxygen atoms in total. The van der Waals surface area contributed by atoms with Crippen LogP contribution in [-0.4, -0.2) is 36.2 Å². The van der Waals surface area contributed by atoms with Gasteiger partial charge in [-0.3, -0.25) is 4.79 Å². The van der Waals surface area contributed by atoms with Crippen LogP contribution >= 0.6 is 0 Å². The third-order valence-electron chi connectivity index (χ3n) is 3.13. The first-order chi connectivity index (χ1) is 8.09. The zero-order chi connectivity index (χ0) is 12.7. The summed E-state index contributed by atoms with van der Waals surface area (Å²) in [6, 6.07) is -0.0660. The number of hydrogen-bond acceptors (Lipinski definition) is 3. The van der Waals surface area contributed by atoms with Crippen molar-refractivity contribution >= 4 is 5.91 Å². The summed E-state index contributed by atoms with van der Waals surface area (Å²) in [5.41, 5.74) is 0. The summed E-state index contributed by atoms with van der Waals surface area (Å²) < 4.78 is 0. The summed E-state index contributed by atoms with van der Waals surface area (Å²) in [5, 5.41) is 15.8. The highest BCUT2D eigenvalue weighted by Crippen LogP contribution is 2.08. The number of aliphatic hydroxyl groups excluding tert-OH is 1. The fraction of sp³-hybridized carbons (Fsp3) is 0.923. The molecular formula is C13H26N2O2. The van der Waals surface area contributed by atoms with Gasteiger partial charge in [0.25, 0.3) is 0 Å². The molecule has 1 saturated heterocycles. The van der Waals surface area contributed by atoms with Gasteiger partial charge in [-0.25, -0.2) is 0 Å². The molecule has 0 aromatic carbocycles. The number of rotatable bonds is 5. The summed E-state index contributed by atoms with van der Waals surface area (Å²) >= 11 is 0. The maximum Gasteiger partial charge on any atom is 0.237 e. The summed E-state index contributed by atoms with van der Waals surface area (Å²) in [7, 11) is 0. The third-order valence-corrected chi connectivity index (χ3v) is 3.13. The van der Waals surface area contributed by atoms with Gasteiger partial charge in [-0.2, -0.15) is 0 Å². The van der Waals surface area contributed by atoms with Crippen molar-refractivity contribution in [3.05, 3.63) is 0 Å². The van der Waals surface area contributed by atoms with Crippen LogP contribution in [0.25, 0.3) is 0 Å². The second kappa shape index (κ2) is 7.67. The van der Waals surface area contributed by atoms with Crippen molar-refractivity contribution in [2.75, 3.05) is 13.1 Å². The van der Waals surface area contributed by atoms with E-state index in [0.29, 0.717) is 12.5 Å². The minimum absolute atomic E-state index is 0.0368. The molecule has 1 amide bonds. The van der Waals surface area contributed by atoms with Crippen LogP contribution in [0, 0.1) is 5.92 Å². The molecule has 0 bridgehead atoms. The van der Waals surface area contributed by atoms with Crippen molar-refractivity contribution in [1.82, 2.24) is 10.6 Å². The van der Waals surface area contributed by atoms with Gasteiger partial charge < -0.3 is 15.7 Å².